The summed E-state index contributed by atoms with van der Waals surface area (Å²) in [7, 11) is 0. The van der Waals surface area contributed by atoms with Crippen LogP contribution in [0.15, 0.2) is 59.2 Å². The van der Waals surface area contributed by atoms with Crippen molar-refractivity contribution in [3.63, 3.8) is 0 Å². The van der Waals surface area contributed by atoms with E-state index in [0.29, 0.717) is 0 Å². The normalized spacial score (nSPS) is 12.4. The molecule has 0 amide bonds. The van der Waals surface area contributed by atoms with E-state index in [-0.39, 0.29) is 16.5 Å². The third kappa shape index (κ3) is 3.11. The van der Waals surface area contributed by atoms with Crippen LogP contribution in [0.25, 0.3) is 11.0 Å². The monoisotopic (exact) mass is 309 g/mol. The Hall–Kier alpha value is -2.62. The number of non-ortho nitro benzene ring substituents is 1. The summed E-state index contributed by atoms with van der Waals surface area (Å²) in [6, 6.07) is 15.0. The standard InChI is InChI=1S/C19H19NO3/c1-2-3-9-17(15-7-4-8-16(13-15)20(21)22)18-10-5-6-14-11-12-23-19(14)18/h4-8,10-13,17H,2-3,9H2,1H3. The molecule has 0 saturated heterocycles. The van der Waals surface area contributed by atoms with Gasteiger partial charge in [-0.3, -0.25) is 10.1 Å². The molecule has 0 bridgehead atoms. The van der Waals surface area contributed by atoms with Gasteiger partial charge in [-0.2, -0.15) is 0 Å². The van der Waals surface area contributed by atoms with Gasteiger partial charge in [-0.1, -0.05) is 50.1 Å². The van der Waals surface area contributed by atoms with Gasteiger partial charge < -0.3 is 4.42 Å². The molecule has 0 radical (unpaired) electrons. The van der Waals surface area contributed by atoms with E-state index in [2.05, 4.69) is 13.0 Å². The number of nitro benzene ring substituents is 1. The molecular weight excluding hydrogens is 290 g/mol. The Morgan fingerprint density at radius 2 is 2.00 bits per heavy atom. The first kappa shape index (κ1) is 15.3. The van der Waals surface area contributed by atoms with Crippen LogP contribution in [0.5, 0.6) is 0 Å². The molecule has 3 rings (SSSR count). The predicted octanol–water partition coefficient (Wildman–Crippen LogP) is 5.66. The predicted molar refractivity (Wildman–Crippen MR) is 90.7 cm³/mol. The lowest BCUT2D eigenvalue weighted by Gasteiger charge is -2.18. The lowest BCUT2D eigenvalue weighted by Crippen LogP contribution is -2.03. The molecular formula is C19H19NO3. The number of furan rings is 1. The SMILES string of the molecule is CCCCC(c1cccc([N+](=O)[O-])c1)c1cccc2ccoc12. The van der Waals surface area contributed by atoms with Crippen molar-refractivity contribution in [2.45, 2.75) is 32.1 Å². The summed E-state index contributed by atoms with van der Waals surface area (Å²) < 4.78 is 5.68. The maximum absolute atomic E-state index is 11.1. The first-order valence-electron chi connectivity index (χ1n) is 7.91. The molecule has 1 unspecified atom stereocenters. The van der Waals surface area contributed by atoms with Crippen LogP contribution in [0, 0.1) is 10.1 Å². The smallest absolute Gasteiger partial charge is 0.269 e. The van der Waals surface area contributed by atoms with Crippen LogP contribution in [-0.2, 0) is 0 Å². The van der Waals surface area contributed by atoms with Gasteiger partial charge in [0.1, 0.15) is 5.58 Å². The van der Waals surface area contributed by atoms with Gasteiger partial charge in [-0.25, -0.2) is 0 Å². The Balaban J connectivity index is 2.09. The van der Waals surface area contributed by atoms with E-state index in [1.54, 1.807) is 18.4 Å². The lowest BCUT2D eigenvalue weighted by molar-refractivity contribution is -0.384. The third-order valence-corrected chi connectivity index (χ3v) is 4.21. The van der Waals surface area contributed by atoms with Crippen molar-refractivity contribution < 1.29 is 9.34 Å². The number of benzene rings is 2. The number of rotatable bonds is 6. The van der Waals surface area contributed by atoms with E-state index in [4.69, 9.17) is 4.42 Å². The summed E-state index contributed by atoms with van der Waals surface area (Å²) in [5.41, 5.74) is 3.08. The zero-order chi connectivity index (χ0) is 16.2. The molecule has 23 heavy (non-hydrogen) atoms. The van der Waals surface area contributed by atoms with Crippen molar-refractivity contribution in [3.8, 4) is 0 Å². The molecule has 4 heteroatoms. The number of fused-ring (bicyclic) bond motifs is 1. The highest BCUT2D eigenvalue weighted by molar-refractivity contribution is 5.81. The molecule has 0 N–H and O–H groups in total. The summed E-state index contributed by atoms with van der Waals surface area (Å²) >= 11 is 0. The third-order valence-electron chi connectivity index (χ3n) is 4.21. The number of hydrogen-bond acceptors (Lipinski definition) is 3. The molecule has 0 saturated carbocycles. The summed E-state index contributed by atoms with van der Waals surface area (Å²) in [5.74, 6) is 0.102. The molecule has 1 atom stereocenters. The molecule has 1 aromatic heterocycles. The molecule has 0 aliphatic carbocycles. The first-order valence-corrected chi connectivity index (χ1v) is 7.91. The molecule has 0 aliphatic rings. The maximum Gasteiger partial charge on any atom is 0.269 e. The van der Waals surface area contributed by atoms with Crippen molar-refractivity contribution in [2.75, 3.05) is 0 Å². The summed E-state index contributed by atoms with van der Waals surface area (Å²) in [4.78, 5) is 10.7. The Bertz CT molecular complexity index is 822. The molecule has 118 valence electrons. The second-order valence-corrected chi connectivity index (χ2v) is 5.73. The molecule has 0 aliphatic heterocycles. The highest BCUT2D eigenvalue weighted by Gasteiger charge is 2.20. The minimum atomic E-state index is -0.339. The fourth-order valence-corrected chi connectivity index (χ4v) is 3.06. The summed E-state index contributed by atoms with van der Waals surface area (Å²) in [6.07, 6.45) is 4.78. The van der Waals surface area contributed by atoms with Crippen LogP contribution in [0.3, 0.4) is 0 Å². The number of hydrogen-bond donors (Lipinski definition) is 0. The number of unbranched alkanes of at least 4 members (excludes halogenated alkanes) is 1. The van der Waals surface area contributed by atoms with Crippen molar-refractivity contribution in [1.82, 2.24) is 0 Å². The zero-order valence-corrected chi connectivity index (χ0v) is 13.1. The van der Waals surface area contributed by atoms with Gasteiger partial charge in [0.05, 0.1) is 11.2 Å². The second-order valence-electron chi connectivity index (χ2n) is 5.73. The van der Waals surface area contributed by atoms with Crippen LogP contribution >= 0.6 is 0 Å². The Kier molecular flexibility index (Phi) is 4.42. The zero-order valence-electron chi connectivity index (χ0n) is 13.1. The Labute approximate surface area is 134 Å². The topological polar surface area (TPSA) is 56.3 Å². The Morgan fingerprint density at radius 3 is 2.78 bits per heavy atom. The average molecular weight is 309 g/mol. The van der Waals surface area contributed by atoms with E-state index < -0.39 is 0 Å². The fraction of sp³-hybridized carbons (Fsp3) is 0.263. The van der Waals surface area contributed by atoms with E-state index in [1.165, 1.54) is 6.07 Å². The van der Waals surface area contributed by atoms with E-state index in [1.807, 2.05) is 24.3 Å². The quantitative estimate of drug-likeness (QED) is 0.436. The van der Waals surface area contributed by atoms with Crippen molar-refractivity contribution >= 4 is 16.7 Å². The van der Waals surface area contributed by atoms with Gasteiger partial charge in [-0.15, -0.1) is 0 Å². The fourth-order valence-electron chi connectivity index (χ4n) is 3.06. The van der Waals surface area contributed by atoms with Gasteiger partial charge in [-0.05, 0) is 18.1 Å². The van der Waals surface area contributed by atoms with E-state index >= 15 is 0 Å². The van der Waals surface area contributed by atoms with E-state index in [0.717, 1.165) is 41.4 Å². The molecule has 3 aromatic rings. The summed E-state index contributed by atoms with van der Waals surface area (Å²) in [6.45, 7) is 2.15. The van der Waals surface area contributed by atoms with Gasteiger partial charge in [0, 0.05) is 29.0 Å². The molecule has 1 heterocycles. The van der Waals surface area contributed by atoms with Crippen molar-refractivity contribution in [1.29, 1.82) is 0 Å². The number of para-hydroxylation sites is 1. The highest BCUT2D eigenvalue weighted by atomic mass is 16.6. The average Bonchev–Trinajstić information content (AvgIpc) is 3.05. The van der Waals surface area contributed by atoms with Crippen molar-refractivity contribution in [3.05, 3.63) is 76.0 Å². The molecule has 2 aromatic carbocycles. The Morgan fingerprint density at radius 1 is 1.17 bits per heavy atom. The summed E-state index contributed by atoms with van der Waals surface area (Å²) in [5, 5.41) is 12.1. The van der Waals surface area contributed by atoms with Gasteiger partial charge >= 0.3 is 0 Å². The van der Waals surface area contributed by atoms with Crippen LogP contribution in [0.1, 0.15) is 43.2 Å². The minimum Gasteiger partial charge on any atom is -0.464 e. The maximum atomic E-state index is 11.1. The first-order chi connectivity index (χ1) is 11.2. The van der Waals surface area contributed by atoms with Gasteiger partial charge in [0.25, 0.3) is 5.69 Å². The second kappa shape index (κ2) is 6.65. The van der Waals surface area contributed by atoms with Crippen LogP contribution in [0.4, 0.5) is 5.69 Å². The van der Waals surface area contributed by atoms with E-state index in [9.17, 15) is 10.1 Å². The van der Waals surface area contributed by atoms with Crippen LogP contribution in [-0.4, -0.2) is 4.92 Å². The minimum absolute atomic E-state index is 0.102. The van der Waals surface area contributed by atoms with Crippen LogP contribution in [0.2, 0.25) is 0 Å². The number of nitrogens with zero attached hydrogens (tertiary/aromatic N) is 1. The van der Waals surface area contributed by atoms with Crippen molar-refractivity contribution in [2.24, 2.45) is 0 Å². The largest absolute Gasteiger partial charge is 0.464 e. The van der Waals surface area contributed by atoms with Gasteiger partial charge in [0.2, 0.25) is 0 Å². The molecule has 0 fully saturated rings. The van der Waals surface area contributed by atoms with Crippen LogP contribution < -0.4 is 0 Å². The lowest BCUT2D eigenvalue weighted by atomic mass is 9.86. The molecule has 0 spiro atoms. The molecule has 4 nitrogen and oxygen atoms in total. The van der Waals surface area contributed by atoms with Gasteiger partial charge in [0.15, 0.2) is 0 Å². The highest BCUT2D eigenvalue weighted by Crippen LogP contribution is 2.36. The number of nitro groups is 1.